The second-order valence-corrected chi connectivity index (χ2v) is 7.90. The summed E-state index contributed by atoms with van der Waals surface area (Å²) in [6, 6.07) is 12.2. The molecule has 1 aromatic heterocycles. The number of anilines is 1. The number of nitrogen functional groups attached to an aromatic ring is 1. The molecule has 3 aromatic rings. The minimum atomic E-state index is -0.497. The highest BCUT2D eigenvalue weighted by Gasteiger charge is 2.21. The second-order valence-electron chi connectivity index (χ2n) is 5.75. The van der Waals surface area contributed by atoms with Gasteiger partial charge in [0.05, 0.1) is 28.6 Å². The van der Waals surface area contributed by atoms with Crippen molar-refractivity contribution in [1.29, 1.82) is 0 Å². The molecule has 0 bridgehead atoms. The number of nitrogens with one attached hydrogen (secondary N) is 1. The van der Waals surface area contributed by atoms with Gasteiger partial charge in [0.25, 0.3) is 0 Å². The van der Waals surface area contributed by atoms with Gasteiger partial charge >= 0.3 is 0 Å². The highest BCUT2D eigenvalue weighted by Crippen LogP contribution is 2.31. The molecule has 1 heterocycles. The van der Waals surface area contributed by atoms with Gasteiger partial charge in [0.15, 0.2) is 5.82 Å². The molecule has 7 nitrogen and oxygen atoms in total. The molecule has 0 fully saturated rings. The van der Waals surface area contributed by atoms with E-state index in [1.54, 1.807) is 32.2 Å². The van der Waals surface area contributed by atoms with Crippen molar-refractivity contribution in [3.63, 3.8) is 0 Å². The van der Waals surface area contributed by atoms with Crippen LogP contribution in [0.1, 0.15) is 6.92 Å². The lowest BCUT2D eigenvalue weighted by atomic mass is 10.2. The number of carbonyl (C=O) groups excluding carboxylic acids is 1. The Morgan fingerprint density at radius 1 is 1.25 bits per heavy atom. The molecular weight excluding hydrogens is 421 g/mol. The summed E-state index contributed by atoms with van der Waals surface area (Å²) in [7, 11) is 1.57. The van der Waals surface area contributed by atoms with E-state index in [4.69, 9.17) is 33.8 Å². The number of hydrogen-bond acceptors (Lipinski definition) is 6. The number of hydrogen-bond donors (Lipinski definition) is 2. The minimum Gasteiger partial charge on any atom is -0.496 e. The molecular formula is C18H17Cl2N5O2S. The maximum absolute atomic E-state index is 12.5. The molecule has 0 radical (unpaired) electrons. The fraction of sp³-hybridized carbons (Fsp3) is 0.167. The Labute approximate surface area is 176 Å². The smallest absolute Gasteiger partial charge is 0.237 e. The van der Waals surface area contributed by atoms with E-state index in [1.165, 1.54) is 16.4 Å². The first-order chi connectivity index (χ1) is 13.4. The highest BCUT2D eigenvalue weighted by molar-refractivity contribution is 8.00. The van der Waals surface area contributed by atoms with Crippen molar-refractivity contribution in [1.82, 2.24) is 14.9 Å². The molecule has 28 heavy (non-hydrogen) atoms. The third-order valence-electron chi connectivity index (χ3n) is 3.85. The normalized spacial score (nSPS) is 11.9. The Kier molecular flexibility index (Phi) is 6.33. The van der Waals surface area contributed by atoms with Crippen LogP contribution in [0.4, 0.5) is 5.69 Å². The number of nitrogens with zero attached hydrogens (tertiary/aromatic N) is 3. The van der Waals surface area contributed by atoms with Crippen LogP contribution in [0, 0.1) is 0 Å². The monoisotopic (exact) mass is 437 g/mol. The Bertz CT molecular complexity index is 1010. The molecule has 0 aliphatic rings. The fourth-order valence-electron chi connectivity index (χ4n) is 2.41. The van der Waals surface area contributed by atoms with Gasteiger partial charge in [-0.15, -0.1) is 10.2 Å². The predicted octanol–water partition coefficient (Wildman–Crippen LogP) is 4.09. The molecule has 3 N–H and O–H groups in total. The van der Waals surface area contributed by atoms with Crippen LogP contribution in [0.2, 0.25) is 10.0 Å². The van der Waals surface area contributed by atoms with Gasteiger partial charge in [0.2, 0.25) is 11.1 Å². The van der Waals surface area contributed by atoms with Crippen LogP contribution in [-0.2, 0) is 4.79 Å². The van der Waals surface area contributed by atoms with Crippen molar-refractivity contribution in [3.05, 3.63) is 52.5 Å². The molecule has 0 aliphatic heterocycles. The number of rotatable bonds is 6. The van der Waals surface area contributed by atoms with Crippen LogP contribution in [-0.4, -0.2) is 33.1 Å². The summed E-state index contributed by atoms with van der Waals surface area (Å²) in [5.41, 5.74) is 1.18. The molecule has 3 rings (SSSR count). The Balaban J connectivity index is 1.75. The van der Waals surface area contributed by atoms with Gasteiger partial charge in [-0.3, -0.25) is 4.79 Å². The summed E-state index contributed by atoms with van der Waals surface area (Å²) < 4.78 is 6.67. The van der Waals surface area contributed by atoms with Crippen LogP contribution < -0.4 is 15.9 Å². The number of nitrogens with two attached hydrogens (primary N) is 1. The molecule has 0 saturated carbocycles. The van der Waals surface area contributed by atoms with E-state index in [2.05, 4.69) is 15.5 Å². The zero-order valence-corrected chi connectivity index (χ0v) is 17.3. The third kappa shape index (κ3) is 4.35. The first-order valence-corrected chi connectivity index (χ1v) is 9.80. The number of para-hydroxylation sites is 1. The van der Waals surface area contributed by atoms with Gasteiger partial charge in [-0.1, -0.05) is 47.1 Å². The number of halogens is 2. The molecule has 0 saturated heterocycles. The maximum atomic E-state index is 12.5. The lowest BCUT2D eigenvalue weighted by Crippen LogP contribution is -2.23. The van der Waals surface area contributed by atoms with Crippen molar-refractivity contribution < 1.29 is 9.53 Å². The minimum absolute atomic E-state index is 0.254. The Hall–Kier alpha value is -2.42. The average Bonchev–Trinajstić information content (AvgIpc) is 3.04. The summed E-state index contributed by atoms with van der Waals surface area (Å²) in [6.45, 7) is 1.74. The number of benzene rings is 2. The van der Waals surface area contributed by atoms with Crippen LogP contribution >= 0.6 is 35.0 Å². The molecule has 2 aromatic carbocycles. The molecule has 146 valence electrons. The van der Waals surface area contributed by atoms with Crippen molar-refractivity contribution >= 4 is 46.6 Å². The van der Waals surface area contributed by atoms with Gasteiger partial charge in [0.1, 0.15) is 5.75 Å². The molecule has 1 amide bonds. The summed E-state index contributed by atoms with van der Waals surface area (Å²) in [6.07, 6.45) is 0. The number of ether oxygens (including phenoxy) is 1. The van der Waals surface area contributed by atoms with E-state index in [0.717, 1.165) is 0 Å². The lowest BCUT2D eigenvalue weighted by molar-refractivity contribution is -0.115. The molecule has 1 unspecified atom stereocenters. The molecule has 1 atom stereocenters. The molecule has 0 spiro atoms. The number of aromatic nitrogens is 3. The van der Waals surface area contributed by atoms with Crippen LogP contribution in [0.3, 0.4) is 0 Å². The Morgan fingerprint density at radius 2 is 2.00 bits per heavy atom. The fourth-order valence-corrected chi connectivity index (χ4v) is 3.63. The van der Waals surface area contributed by atoms with E-state index in [0.29, 0.717) is 38.0 Å². The van der Waals surface area contributed by atoms with Crippen molar-refractivity contribution in [2.75, 3.05) is 18.3 Å². The van der Waals surface area contributed by atoms with Crippen molar-refractivity contribution in [2.24, 2.45) is 0 Å². The Morgan fingerprint density at radius 3 is 2.71 bits per heavy atom. The quantitative estimate of drug-likeness (QED) is 0.445. The van der Waals surface area contributed by atoms with E-state index < -0.39 is 5.25 Å². The first-order valence-electron chi connectivity index (χ1n) is 8.17. The number of amides is 1. The van der Waals surface area contributed by atoms with E-state index >= 15 is 0 Å². The van der Waals surface area contributed by atoms with Crippen molar-refractivity contribution in [3.8, 4) is 17.1 Å². The highest BCUT2D eigenvalue weighted by atomic mass is 35.5. The number of thioether (sulfide) groups is 1. The third-order valence-corrected chi connectivity index (χ3v) is 5.46. The summed E-state index contributed by atoms with van der Waals surface area (Å²) in [4.78, 5) is 12.5. The standard InChI is InChI=1S/C18H17Cl2N5O2S/c1-10(17(26)22-14-8-7-11(19)9-13(14)20)28-18-24-23-16(25(18)21)12-5-3-4-6-15(12)27-2/h3-10H,21H2,1-2H3,(H,22,26). The summed E-state index contributed by atoms with van der Waals surface area (Å²) in [5.74, 6) is 6.96. The van der Waals surface area contributed by atoms with Gasteiger partial charge in [0, 0.05) is 5.02 Å². The van der Waals surface area contributed by atoms with Crippen LogP contribution in [0.5, 0.6) is 5.75 Å². The van der Waals surface area contributed by atoms with E-state index in [-0.39, 0.29) is 5.91 Å². The predicted molar refractivity (Wildman–Crippen MR) is 113 cm³/mol. The van der Waals surface area contributed by atoms with Gasteiger partial charge < -0.3 is 15.9 Å². The largest absolute Gasteiger partial charge is 0.496 e. The molecule has 10 heteroatoms. The lowest BCUT2D eigenvalue weighted by Gasteiger charge is -2.13. The van der Waals surface area contributed by atoms with E-state index in [1.807, 2.05) is 24.3 Å². The summed E-state index contributed by atoms with van der Waals surface area (Å²) >= 11 is 13.2. The van der Waals surface area contributed by atoms with Crippen LogP contribution in [0.15, 0.2) is 47.6 Å². The van der Waals surface area contributed by atoms with Crippen molar-refractivity contribution in [2.45, 2.75) is 17.3 Å². The zero-order chi connectivity index (χ0) is 20.3. The van der Waals surface area contributed by atoms with Gasteiger partial charge in [-0.05, 0) is 37.3 Å². The summed E-state index contributed by atoms with van der Waals surface area (Å²) in [5, 5.41) is 11.7. The van der Waals surface area contributed by atoms with Gasteiger partial charge in [-0.2, -0.15) is 0 Å². The maximum Gasteiger partial charge on any atom is 0.237 e. The zero-order valence-electron chi connectivity index (χ0n) is 15.0. The van der Waals surface area contributed by atoms with Gasteiger partial charge in [-0.25, -0.2) is 4.68 Å². The topological polar surface area (TPSA) is 95.1 Å². The first kappa shape index (κ1) is 20.3. The number of methoxy groups -OCH3 is 1. The average molecular weight is 438 g/mol. The second kappa shape index (κ2) is 8.72. The number of carbonyl (C=O) groups is 1. The molecule has 0 aliphatic carbocycles. The van der Waals surface area contributed by atoms with Crippen LogP contribution in [0.25, 0.3) is 11.4 Å². The SMILES string of the molecule is COc1ccccc1-c1nnc(SC(C)C(=O)Nc2ccc(Cl)cc2Cl)n1N. The van der Waals surface area contributed by atoms with E-state index in [9.17, 15) is 4.79 Å².